The second-order valence-electron chi connectivity index (χ2n) is 5.53. The van der Waals surface area contributed by atoms with E-state index in [0.717, 1.165) is 23.0 Å². The lowest BCUT2D eigenvalue weighted by Gasteiger charge is -2.40. The van der Waals surface area contributed by atoms with Gasteiger partial charge in [-0.05, 0) is 38.5 Å². The number of allylic oxidation sites excluding steroid dienone is 1. The molecule has 106 valence electrons. The van der Waals surface area contributed by atoms with E-state index in [1.54, 1.807) is 6.07 Å². The van der Waals surface area contributed by atoms with Crippen molar-refractivity contribution < 1.29 is 9.31 Å². The van der Waals surface area contributed by atoms with Crippen LogP contribution in [0.3, 0.4) is 0 Å². The minimum Gasteiger partial charge on any atom is -0.365 e. The van der Waals surface area contributed by atoms with Gasteiger partial charge in [0.15, 0.2) is 0 Å². The van der Waals surface area contributed by atoms with Crippen molar-refractivity contribution in [3.05, 3.63) is 51.5 Å². The number of benzene rings is 1. The summed E-state index contributed by atoms with van der Waals surface area (Å²) in [5, 5.41) is 10.4. The Labute approximate surface area is 117 Å². The molecule has 5 heteroatoms. The van der Waals surface area contributed by atoms with E-state index in [1.165, 1.54) is 12.1 Å². The van der Waals surface area contributed by atoms with E-state index in [0.29, 0.717) is 0 Å². The van der Waals surface area contributed by atoms with Gasteiger partial charge in [-0.2, -0.15) is 0 Å². The fourth-order valence-corrected chi connectivity index (χ4v) is 2.46. The van der Waals surface area contributed by atoms with Crippen LogP contribution in [0.15, 0.2) is 24.4 Å². The topological polar surface area (TPSA) is 46.4 Å². The quantitative estimate of drug-likeness (QED) is 0.611. The molecule has 1 aliphatic heterocycles. The van der Waals surface area contributed by atoms with E-state index in [9.17, 15) is 14.5 Å². The van der Waals surface area contributed by atoms with Crippen LogP contribution in [0, 0.1) is 15.9 Å². The first kappa shape index (κ1) is 14.2. The summed E-state index contributed by atoms with van der Waals surface area (Å²) in [7, 11) is 1.91. The van der Waals surface area contributed by atoms with Crippen molar-refractivity contribution in [2.75, 3.05) is 11.9 Å². The van der Waals surface area contributed by atoms with Crippen LogP contribution in [0.2, 0.25) is 0 Å². The molecular weight excluding hydrogens is 259 g/mol. The van der Waals surface area contributed by atoms with Gasteiger partial charge in [0.25, 0.3) is 0 Å². The standard InChI is InChI=1S/C15H17FN2O2/c1-10-9-15(2,3)17(4)14-8-13(16)11(7-12(10)14)5-6-18(19)20/h5-9H,1-4H3/b6-5+. The zero-order valence-corrected chi connectivity index (χ0v) is 12.0. The Morgan fingerprint density at radius 2 is 2.05 bits per heavy atom. The zero-order valence-electron chi connectivity index (χ0n) is 12.0. The Kier molecular flexibility index (Phi) is 3.38. The molecule has 0 aromatic heterocycles. The lowest BCUT2D eigenvalue weighted by Crippen LogP contribution is -2.42. The molecule has 0 fully saturated rings. The van der Waals surface area contributed by atoms with Gasteiger partial charge in [-0.1, -0.05) is 6.08 Å². The molecule has 0 spiro atoms. The molecule has 1 aliphatic rings. The largest absolute Gasteiger partial charge is 0.365 e. The van der Waals surface area contributed by atoms with Crippen molar-refractivity contribution >= 4 is 17.3 Å². The molecule has 0 aliphatic carbocycles. The first-order valence-electron chi connectivity index (χ1n) is 6.31. The summed E-state index contributed by atoms with van der Waals surface area (Å²) in [6.07, 6.45) is 4.04. The van der Waals surface area contributed by atoms with E-state index in [4.69, 9.17) is 0 Å². The minimum absolute atomic E-state index is 0.193. The zero-order chi connectivity index (χ0) is 15.1. The summed E-state index contributed by atoms with van der Waals surface area (Å²) < 4.78 is 14.1. The molecule has 4 nitrogen and oxygen atoms in total. The molecule has 1 aromatic rings. The molecule has 1 heterocycles. The lowest BCUT2D eigenvalue weighted by molar-refractivity contribution is -0.400. The number of rotatable bonds is 2. The van der Waals surface area contributed by atoms with Crippen LogP contribution in [0.1, 0.15) is 31.9 Å². The smallest absolute Gasteiger partial charge is 0.235 e. The maximum absolute atomic E-state index is 14.1. The summed E-state index contributed by atoms with van der Waals surface area (Å²) in [6, 6.07) is 3.09. The van der Waals surface area contributed by atoms with Gasteiger partial charge in [-0.15, -0.1) is 0 Å². The number of hydrogen-bond acceptors (Lipinski definition) is 3. The third-order valence-electron chi connectivity index (χ3n) is 3.71. The van der Waals surface area contributed by atoms with E-state index in [-0.39, 0.29) is 11.1 Å². The van der Waals surface area contributed by atoms with Crippen molar-refractivity contribution in [2.45, 2.75) is 26.3 Å². The van der Waals surface area contributed by atoms with Crippen LogP contribution in [-0.4, -0.2) is 17.5 Å². The van der Waals surface area contributed by atoms with Crippen molar-refractivity contribution in [3.63, 3.8) is 0 Å². The summed E-state index contributed by atoms with van der Waals surface area (Å²) in [5.41, 5.74) is 2.77. The van der Waals surface area contributed by atoms with E-state index < -0.39 is 10.7 Å². The molecule has 20 heavy (non-hydrogen) atoms. The fraction of sp³-hybridized carbons (Fsp3) is 0.333. The van der Waals surface area contributed by atoms with Crippen molar-refractivity contribution in [3.8, 4) is 0 Å². The van der Waals surface area contributed by atoms with E-state index in [1.807, 2.05) is 18.9 Å². The SMILES string of the molecule is CC1=CC(C)(C)N(C)c2cc(F)c(/C=C/[N+](=O)[O-])cc21. The maximum Gasteiger partial charge on any atom is 0.235 e. The van der Waals surface area contributed by atoms with Crippen LogP contribution in [-0.2, 0) is 0 Å². The highest BCUT2D eigenvalue weighted by Gasteiger charge is 2.29. The molecule has 0 N–H and O–H groups in total. The van der Waals surface area contributed by atoms with Gasteiger partial charge >= 0.3 is 0 Å². The van der Waals surface area contributed by atoms with Crippen LogP contribution in [0.5, 0.6) is 0 Å². The highest BCUT2D eigenvalue weighted by atomic mass is 19.1. The van der Waals surface area contributed by atoms with Gasteiger partial charge < -0.3 is 4.90 Å². The molecular formula is C15H17FN2O2. The third kappa shape index (κ3) is 2.43. The minimum atomic E-state index is -0.600. The van der Waals surface area contributed by atoms with Gasteiger partial charge in [-0.3, -0.25) is 10.1 Å². The fourth-order valence-electron chi connectivity index (χ4n) is 2.46. The Morgan fingerprint density at radius 3 is 2.65 bits per heavy atom. The van der Waals surface area contributed by atoms with Gasteiger partial charge in [-0.25, -0.2) is 4.39 Å². The lowest BCUT2D eigenvalue weighted by atomic mass is 9.88. The average Bonchev–Trinajstić information content (AvgIpc) is 2.33. The Morgan fingerprint density at radius 1 is 1.40 bits per heavy atom. The van der Waals surface area contributed by atoms with Crippen LogP contribution in [0.4, 0.5) is 10.1 Å². The first-order valence-corrected chi connectivity index (χ1v) is 6.31. The van der Waals surface area contributed by atoms with Crippen molar-refractivity contribution in [1.82, 2.24) is 0 Å². The van der Waals surface area contributed by atoms with E-state index in [2.05, 4.69) is 19.9 Å². The van der Waals surface area contributed by atoms with Gasteiger partial charge in [0.05, 0.1) is 10.5 Å². The Balaban J connectivity index is 2.57. The Bertz CT molecular complexity index is 633. The van der Waals surface area contributed by atoms with Crippen LogP contribution >= 0.6 is 0 Å². The molecule has 0 saturated heterocycles. The number of likely N-dealkylation sites (N-methyl/N-ethyl adjacent to an activating group) is 1. The number of nitro groups is 1. The molecule has 0 bridgehead atoms. The second-order valence-corrected chi connectivity index (χ2v) is 5.53. The summed E-state index contributed by atoms with van der Waals surface area (Å²) in [6.45, 7) is 6.07. The Hall–Kier alpha value is -2.17. The normalized spacial score (nSPS) is 17.1. The highest BCUT2D eigenvalue weighted by Crippen LogP contribution is 2.39. The molecule has 0 saturated carbocycles. The number of halogens is 1. The summed E-state index contributed by atoms with van der Waals surface area (Å²) in [4.78, 5) is 11.7. The highest BCUT2D eigenvalue weighted by molar-refractivity contribution is 5.82. The van der Waals surface area contributed by atoms with Gasteiger partial charge in [0.2, 0.25) is 6.20 Å². The first-order chi connectivity index (χ1) is 9.22. The molecule has 1 aromatic carbocycles. The second kappa shape index (κ2) is 4.74. The number of fused-ring (bicyclic) bond motifs is 1. The van der Waals surface area contributed by atoms with Gasteiger partial charge in [0, 0.05) is 29.9 Å². The molecule has 0 unspecified atom stereocenters. The molecule has 0 radical (unpaired) electrons. The maximum atomic E-state index is 14.1. The number of hydrogen-bond donors (Lipinski definition) is 0. The van der Waals surface area contributed by atoms with Crippen molar-refractivity contribution in [2.24, 2.45) is 0 Å². The third-order valence-corrected chi connectivity index (χ3v) is 3.71. The van der Waals surface area contributed by atoms with Crippen LogP contribution < -0.4 is 4.90 Å². The average molecular weight is 276 g/mol. The van der Waals surface area contributed by atoms with E-state index >= 15 is 0 Å². The molecule has 2 rings (SSSR count). The van der Waals surface area contributed by atoms with Crippen LogP contribution in [0.25, 0.3) is 11.6 Å². The summed E-state index contributed by atoms with van der Waals surface area (Å²) >= 11 is 0. The van der Waals surface area contributed by atoms with Crippen molar-refractivity contribution in [1.29, 1.82) is 0 Å². The molecule has 0 atom stereocenters. The number of anilines is 1. The predicted octanol–water partition coefficient (Wildman–Crippen LogP) is 3.70. The molecule has 0 amide bonds. The summed E-state index contributed by atoms with van der Waals surface area (Å²) in [5.74, 6) is -0.459. The predicted molar refractivity (Wildman–Crippen MR) is 78.6 cm³/mol. The number of nitrogens with zero attached hydrogens (tertiary/aromatic N) is 2. The van der Waals surface area contributed by atoms with Gasteiger partial charge in [0.1, 0.15) is 5.82 Å². The monoisotopic (exact) mass is 276 g/mol.